The Morgan fingerprint density at radius 3 is 2.94 bits per heavy atom. The van der Waals surface area contributed by atoms with E-state index in [4.69, 9.17) is 11.6 Å². The minimum Gasteiger partial charge on any atom is -0.360 e. The zero-order valence-electron chi connectivity index (χ0n) is 8.46. The number of hydrogen-bond acceptors (Lipinski definition) is 2. The minimum absolute atomic E-state index is 0.368. The Balaban J connectivity index is 2.31. The molecular weight excluding hydrogens is 224 g/mol. The molecule has 1 aliphatic carbocycles. The van der Waals surface area contributed by atoms with Crippen LogP contribution >= 0.6 is 11.6 Å². The van der Waals surface area contributed by atoms with Gasteiger partial charge in [0.25, 0.3) is 0 Å². The molecule has 4 heteroatoms. The first kappa shape index (κ1) is 9.64. The van der Waals surface area contributed by atoms with Gasteiger partial charge < -0.3 is 4.98 Å². The number of aliphatic imine (C=N–C) groups is 1. The van der Waals surface area contributed by atoms with Crippen LogP contribution < -0.4 is 0 Å². The normalized spacial score (nSPS) is 17.1. The lowest BCUT2D eigenvalue weighted by Gasteiger charge is -2.09. The number of nitrogens with one attached hydrogen (secondary N) is 1. The van der Waals surface area contributed by atoms with Crippen LogP contribution in [0.3, 0.4) is 0 Å². The quantitative estimate of drug-likeness (QED) is 0.628. The fourth-order valence-corrected chi connectivity index (χ4v) is 2.44. The van der Waals surface area contributed by atoms with Crippen molar-refractivity contribution < 1.29 is 4.79 Å². The zero-order chi connectivity index (χ0) is 11.2. The Labute approximate surface area is 97.1 Å². The SMILES string of the molecule is O=C=NC1(c2cccc3[nH]cc(Cl)c23)CC1. The van der Waals surface area contributed by atoms with Gasteiger partial charge in [0.1, 0.15) is 0 Å². The first-order valence-electron chi connectivity index (χ1n) is 5.12. The molecule has 0 spiro atoms. The largest absolute Gasteiger partial charge is 0.360 e. The summed E-state index contributed by atoms with van der Waals surface area (Å²) in [5.41, 5.74) is 1.64. The van der Waals surface area contributed by atoms with Crippen LogP contribution in [0.5, 0.6) is 0 Å². The number of halogens is 1. The van der Waals surface area contributed by atoms with Crippen LogP contribution in [-0.2, 0) is 10.3 Å². The summed E-state index contributed by atoms with van der Waals surface area (Å²) in [4.78, 5) is 17.5. The summed E-state index contributed by atoms with van der Waals surface area (Å²) in [7, 11) is 0. The summed E-state index contributed by atoms with van der Waals surface area (Å²) in [5.74, 6) is 0. The highest BCUT2D eigenvalue weighted by atomic mass is 35.5. The lowest BCUT2D eigenvalue weighted by molar-refractivity contribution is 0.556. The Morgan fingerprint density at radius 1 is 1.44 bits per heavy atom. The van der Waals surface area contributed by atoms with Crippen molar-refractivity contribution in [2.75, 3.05) is 0 Å². The molecule has 3 nitrogen and oxygen atoms in total. The second kappa shape index (κ2) is 3.21. The zero-order valence-corrected chi connectivity index (χ0v) is 9.21. The van der Waals surface area contributed by atoms with Gasteiger partial charge in [-0.2, -0.15) is 4.99 Å². The van der Waals surface area contributed by atoms with Crippen LogP contribution in [0.2, 0.25) is 5.02 Å². The summed E-state index contributed by atoms with van der Waals surface area (Å²) in [5, 5.41) is 1.65. The Bertz CT molecular complexity index is 607. The van der Waals surface area contributed by atoms with Crippen molar-refractivity contribution in [3.8, 4) is 0 Å². The molecule has 1 heterocycles. The fourth-order valence-electron chi connectivity index (χ4n) is 2.18. The smallest absolute Gasteiger partial charge is 0.235 e. The second-order valence-corrected chi connectivity index (χ2v) is 4.51. The number of aromatic amines is 1. The van der Waals surface area contributed by atoms with Gasteiger partial charge in [-0.25, -0.2) is 4.79 Å². The Kier molecular flexibility index (Phi) is 1.93. The van der Waals surface area contributed by atoms with Gasteiger partial charge in [0, 0.05) is 17.1 Å². The molecule has 1 aromatic carbocycles. The van der Waals surface area contributed by atoms with Gasteiger partial charge in [0.05, 0.1) is 10.6 Å². The van der Waals surface area contributed by atoms with Crippen LogP contribution in [0.15, 0.2) is 29.4 Å². The van der Waals surface area contributed by atoms with Crippen LogP contribution in [0, 0.1) is 0 Å². The second-order valence-electron chi connectivity index (χ2n) is 4.10. The highest BCUT2D eigenvalue weighted by molar-refractivity contribution is 6.35. The van der Waals surface area contributed by atoms with Gasteiger partial charge >= 0.3 is 0 Å². The number of hydrogen-bond donors (Lipinski definition) is 1. The van der Waals surface area contributed by atoms with Crippen molar-refractivity contribution in [3.63, 3.8) is 0 Å². The van der Waals surface area contributed by atoms with Crippen LogP contribution in [-0.4, -0.2) is 11.1 Å². The maximum Gasteiger partial charge on any atom is 0.235 e. The number of aromatic nitrogens is 1. The monoisotopic (exact) mass is 232 g/mol. The lowest BCUT2D eigenvalue weighted by atomic mass is 10.0. The number of nitrogens with zero attached hydrogens (tertiary/aromatic N) is 1. The molecule has 0 amide bonds. The minimum atomic E-state index is -0.368. The highest BCUT2D eigenvalue weighted by Crippen LogP contribution is 2.52. The molecule has 1 fully saturated rings. The van der Waals surface area contributed by atoms with E-state index in [0.717, 1.165) is 29.3 Å². The van der Waals surface area contributed by atoms with Crippen LogP contribution in [0.25, 0.3) is 10.9 Å². The Hall–Kier alpha value is -1.57. The molecular formula is C12H9ClN2O. The molecule has 1 saturated carbocycles. The van der Waals surface area contributed by atoms with Crippen LogP contribution in [0.1, 0.15) is 18.4 Å². The van der Waals surface area contributed by atoms with E-state index < -0.39 is 0 Å². The molecule has 0 aliphatic heterocycles. The van der Waals surface area contributed by atoms with Crippen LogP contribution in [0.4, 0.5) is 0 Å². The molecule has 0 saturated heterocycles. The molecule has 1 aliphatic rings. The van der Waals surface area contributed by atoms with Gasteiger partial charge in [0.15, 0.2) is 0 Å². The number of carbonyl (C=O) groups excluding carboxylic acids is 1. The average Bonchev–Trinajstić information content (AvgIpc) is 2.98. The van der Waals surface area contributed by atoms with E-state index in [-0.39, 0.29) is 5.54 Å². The lowest BCUT2D eigenvalue weighted by Crippen LogP contribution is -2.02. The van der Waals surface area contributed by atoms with E-state index in [2.05, 4.69) is 9.98 Å². The fraction of sp³-hybridized carbons (Fsp3) is 0.250. The third-order valence-corrected chi connectivity index (χ3v) is 3.44. The predicted molar refractivity (Wildman–Crippen MR) is 62.3 cm³/mol. The predicted octanol–water partition coefficient (Wildman–Crippen LogP) is 3.15. The topological polar surface area (TPSA) is 45.2 Å². The standard InChI is InChI=1S/C12H9ClN2O/c13-9-6-14-10-3-1-2-8(11(9)10)12(4-5-12)15-7-16/h1-3,6,14H,4-5H2. The number of isocyanates is 1. The molecule has 0 radical (unpaired) electrons. The van der Waals surface area contributed by atoms with E-state index >= 15 is 0 Å². The van der Waals surface area contributed by atoms with E-state index in [0.29, 0.717) is 5.02 Å². The number of rotatable bonds is 2. The third-order valence-electron chi connectivity index (χ3n) is 3.14. The van der Waals surface area contributed by atoms with E-state index in [1.807, 2.05) is 18.2 Å². The van der Waals surface area contributed by atoms with Crippen molar-refractivity contribution in [1.82, 2.24) is 4.98 Å². The van der Waals surface area contributed by atoms with Gasteiger partial charge in [-0.15, -0.1) is 0 Å². The van der Waals surface area contributed by atoms with Gasteiger partial charge in [-0.1, -0.05) is 23.7 Å². The summed E-state index contributed by atoms with van der Waals surface area (Å²) in [6.07, 6.45) is 5.21. The maximum absolute atomic E-state index is 10.5. The molecule has 80 valence electrons. The summed E-state index contributed by atoms with van der Waals surface area (Å²) >= 11 is 6.14. The van der Waals surface area contributed by atoms with Crippen molar-refractivity contribution in [1.29, 1.82) is 0 Å². The highest BCUT2D eigenvalue weighted by Gasteiger charge is 2.46. The number of H-pyrrole nitrogens is 1. The molecule has 1 N–H and O–H groups in total. The van der Waals surface area contributed by atoms with Crippen molar-refractivity contribution in [2.24, 2.45) is 4.99 Å². The van der Waals surface area contributed by atoms with Gasteiger partial charge in [-0.3, -0.25) is 0 Å². The molecule has 2 aromatic rings. The third kappa shape index (κ3) is 1.22. The summed E-state index contributed by atoms with van der Waals surface area (Å²) in [6, 6.07) is 5.90. The summed E-state index contributed by atoms with van der Waals surface area (Å²) in [6.45, 7) is 0. The molecule has 0 atom stereocenters. The molecule has 3 rings (SSSR count). The summed E-state index contributed by atoms with van der Waals surface area (Å²) < 4.78 is 0. The first-order chi connectivity index (χ1) is 7.77. The van der Waals surface area contributed by atoms with Gasteiger partial charge in [-0.05, 0) is 24.5 Å². The Morgan fingerprint density at radius 2 is 2.25 bits per heavy atom. The van der Waals surface area contributed by atoms with E-state index in [1.54, 1.807) is 12.3 Å². The van der Waals surface area contributed by atoms with Crippen molar-refractivity contribution in [3.05, 3.63) is 35.0 Å². The molecule has 16 heavy (non-hydrogen) atoms. The van der Waals surface area contributed by atoms with Crippen molar-refractivity contribution in [2.45, 2.75) is 18.4 Å². The molecule has 0 bridgehead atoms. The molecule has 1 aromatic heterocycles. The van der Waals surface area contributed by atoms with Gasteiger partial charge in [0.2, 0.25) is 6.08 Å². The molecule has 0 unspecified atom stereocenters. The number of fused-ring (bicyclic) bond motifs is 1. The number of benzene rings is 1. The van der Waals surface area contributed by atoms with E-state index in [1.165, 1.54) is 0 Å². The average molecular weight is 233 g/mol. The van der Waals surface area contributed by atoms with E-state index in [9.17, 15) is 4.79 Å². The first-order valence-corrected chi connectivity index (χ1v) is 5.50. The van der Waals surface area contributed by atoms with Crippen molar-refractivity contribution >= 4 is 28.6 Å². The maximum atomic E-state index is 10.5.